The van der Waals surface area contributed by atoms with Gasteiger partial charge in [0.05, 0.1) is 40.9 Å². The molecule has 0 fully saturated rings. The smallest absolute Gasteiger partial charge is 0.255 e. The maximum absolute atomic E-state index is 14.7. The van der Waals surface area contributed by atoms with E-state index in [9.17, 15) is 17.2 Å². The zero-order chi connectivity index (χ0) is 30.4. The number of methoxy groups -OCH3 is 1. The first-order valence-corrected chi connectivity index (χ1v) is 15.7. The van der Waals surface area contributed by atoms with Crippen molar-refractivity contribution in [1.29, 1.82) is 0 Å². The van der Waals surface area contributed by atoms with Crippen LogP contribution in [0.5, 0.6) is 5.88 Å². The van der Waals surface area contributed by atoms with Crippen LogP contribution in [0.25, 0.3) is 17.2 Å². The third-order valence-corrected chi connectivity index (χ3v) is 9.36. The molecule has 5 rings (SSSR count). The molecule has 10 nitrogen and oxygen atoms in total. The lowest BCUT2D eigenvalue weighted by atomic mass is 9.54. The van der Waals surface area contributed by atoms with Crippen molar-refractivity contribution in [1.82, 2.24) is 34.9 Å². The van der Waals surface area contributed by atoms with Gasteiger partial charge in [-0.3, -0.25) is 0 Å². The molecule has 0 N–H and O–H groups in total. The summed E-state index contributed by atoms with van der Waals surface area (Å²) in [6, 6.07) is 7.22. The van der Waals surface area contributed by atoms with Crippen LogP contribution in [0.1, 0.15) is 69.2 Å². The van der Waals surface area contributed by atoms with E-state index in [1.165, 1.54) is 36.3 Å². The van der Waals surface area contributed by atoms with Crippen LogP contribution in [0.3, 0.4) is 0 Å². The monoisotopic (exact) mass is 597 g/mol. The standard InChI is InChI=1S/C29H33F2N7O3S/c1-7-17-15-28(2,3)29(4,26-18(17)13-21(35-36-26)25-19(30)9-8-10-20(25)31)22-14-24(41-5)34-27(33-22)38-16-32-23(37-38)11-12-42(6,39)40/h8-10,13-14,16-17H,7,11-12,15H2,1-6H3/t17-,29+/m1/s1. The Balaban J connectivity index is 1.66. The number of nitrogens with zero attached hydrogens (tertiary/aromatic N) is 7. The lowest BCUT2D eigenvalue weighted by Crippen LogP contribution is -2.47. The van der Waals surface area contributed by atoms with Crippen LogP contribution in [0.4, 0.5) is 8.78 Å². The number of benzene rings is 1. The van der Waals surface area contributed by atoms with Gasteiger partial charge in [0.2, 0.25) is 5.88 Å². The predicted octanol–water partition coefficient (Wildman–Crippen LogP) is 4.62. The molecular weight excluding hydrogens is 564 g/mol. The highest BCUT2D eigenvalue weighted by Gasteiger charge is 2.53. The van der Waals surface area contributed by atoms with Crippen molar-refractivity contribution in [3.63, 3.8) is 0 Å². The average Bonchev–Trinajstić information content (AvgIpc) is 3.42. The Bertz CT molecular complexity index is 1740. The number of aromatic nitrogens is 7. The maximum atomic E-state index is 14.7. The third-order valence-electron chi connectivity index (χ3n) is 8.41. The first-order chi connectivity index (χ1) is 19.8. The third kappa shape index (κ3) is 5.25. The molecule has 0 unspecified atom stereocenters. The Morgan fingerprint density at radius 2 is 1.81 bits per heavy atom. The second-order valence-electron chi connectivity index (χ2n) is 11.5. The molecule has 0 radical (unpaired) electrons. The van der Waals surface area contributed by atoms with Crippen molar-refractivity contribution in [3.8, 4) is 23.1 Å². The summed E-state index contributed by atoms with van der Waals surface area (Å²) in [5.41, 5.74) is 0.822. The molecule has 0 bridgehead atoms. The lowest BCUT2D eigenvalue weighted by Gasteiger charge is -2.50. The van der Waals surface area contributed by atoms with Crippen LogP contribution < -0.4 is 4.74 Å². The highest BCUT2D eigenvalue weighted by atomic mass is 32.2. The molecule has 0 saturated heterocycles. The van der Waals surface area contributed by atoms with Gasteiger partial charge < -0.3 is 4.74 Å². The van der Waals surface area contributed by atoms with Crippen LogP contribution >= 0.6 is 0 Å². The molecule has 0 aliphatic heterocycles. The summed E-state index contributed by atoms with van der Waals surface area (Å²) in [4.78, 5) is 13.6. The summed E-state index contributed by atoms with van der Waals surface area (Å²) < 4.78 is 59.6. The number of hydrogen-bond acceptors (Lipinski definition) is 9. The minimum atomic E-state index is -3.19. The quantitative estimate of drug-likeness (QED) is 0.286. The fraction of sp³-hybridized carbons (Fsp3) is 0.448. The zero-order valence-corrected chi connectivity index (χ0v) is 25.2. The Kier molecular flexibility index (Phi) is 7.58. The number of sulfone groups is 1. The number of halogens is 2. The SMILES string of the molecule is CC[C@@H]1CC(C)(C)[C@@](C)(c2cc(OC)nc(-n3cnc(CCS(C)(=O)=O)n3)n2)c2nnc(-c3c(F)cccc3F)cc21. The van der Waals surface area contributed by atoms with Crippen molar-refractivity contribution in [2.75, 3.05) is 19.1 Å². The Hall–Kier alpha value is -3.87. The minimum absolute atomic E-state index is 0.0723. The molecular formula is C29H33F2N7O3S. The Labute approximate surface area is 243 Å². The van der Waals surface area contributed by atoms with E-state index in [0.717, 1.165) is 24.7 Å². The lowest BCUT2D eigenvalue weighted by molar-refractivity contribution is 0.152. The molecule has 3 heterocycles. The number of ether oxygens (including phenoxy) is 1. The second-order valence-corrected chi connectivity index (χ2v) is 13.8. The summed E-state index contributed by atoms with van der Waals surface area (Å²) in [5.74, 6) is -0.597. The molecule has 4 aromatic rings. The van der Waals surface area contributed by atoms with Crippen molar-refractivity contribution in [2.24, 2.45) is 5.41 Å². The van der Waals surface area contributed by atoms with Gasteiger partial charge >= 0.3 is 0 Å². The van der Waals surface area contributed by atoms with E-state index in [4.69, 9.17) is 9.72 Å². The molecule has 222 valence electrons. The molecule has 0 amide bonds. The first-order valence-electron chi connectivity index (χ1n) is 13.6. The van der Waals surface area contributed by atoms with Crippen molar-refractivity contribution >= 4 is 9.84 Å². The van der Waals surface area contributed by atoms with Gasteiger partial charge in [0.25, 0.3) is 5.95 Å². The molecule has 0 spiro atoms. The summed E-state index contributed by atoms with van der Waals surface area (Å²) in [6.07, 6.45) is 4.29. The molecule has 1 aliphatic carbocycles. The molecule has 42 heavy (non-hydrogen) atoms. The van der Waals surface area contributed by atoms with Crippen molar-refractivity contribution in [3.05, 3.63) is 71.1 Å². The summed E-state index contributed by atoms with van der Waals surface area (Å²) in [6.45, 7) is 8.38. The van der Waals surface area contributed by atoms with Gasteiger partial charge in [-0.25, -0.2) is 27.2 Å². The summed E-state index contributed by atoms with van der Waals surface area (Å²) >= 11 is 0. The van der Waals surface area contributed by atoms with Crippen LogP contribution in [0.15, 0.2) is 36.7 Å². The molecule has 1 aromatic carbocycles. The van der Waals surface area contributed by atoms with E-state index in [1.54, 1.807) is 12.1 Å². The van der Waals surface area contributed by atoms with Gasteiger partial charge in [-0.05, 0) is 54.9 Å². The summed E-state index contributed by atoms with van der Waals surface area (Å²) in [5, 5.41) is 13.4. The number of rotatable bonds is 8. The highest BCUT2D eigenvalue weighted by molar-refractivity contribution is 7.90. The van der Waals surface area contributed by atoms with E-state index in [-0.39, 0.29) is 46.6 Å². The van der Waals surface area contributed by atoms with Crippen LogP contribution in [-0.4, -0.2) is 62.5 Å². The first kappa shape index (κ1) is 29.6. The second kappa shape index (κ2) is 10.8. The molecule has 2 atom stereocenters. The number of aryl methyl sites for hydroxylation is 1. The molecule has 0 saturated carbocycles. The van der Waals surface area contributed by atoms with Gasteiger partial charge in [-0.2, -0.15) is 14.8 Å². The van der Waals surface area contributed by atoms with Gasteiger partial charge in [0.1, 0.15) is 27.8 Å². The van der Waals surface area contributed by atoms with Crippen LogP contribution in [0.2, 0.25) is 0 Å². The topological polar surface area (TPSA) is 126 Å². The average molecular weight is 598 g/mol. The van der Waals surface area contributed by atoms with E-state index in [1.807, 2.05) is 6.92 Å². The number of fused-ring (bicyclic) bond motifs is 1. The zero-order valence-electron chi connectivity index (χ0n) is 24.4. The highest BCUT2D eigenvalue weighted by Crippen LogP contribution is 2.57. The molecule has 1 aliphatic rings. The van der Waals surface area contributed by atoms with Gasteiger partial charge in [0.15, 0.2) is 5.82 Å². The minimum Gasteiger partial charge on any atom is -0.481 e. The molecule has 13 heteroatoms. The normalized spacial score (nSPS) is 19.9. The van der Waals surface area contributed by atoms with E-state index in [0.29, 0.717) is 17.2 Å². The van der Waals surface area contributed by atoms with Crippen molar-refractivity contribution < 1.29 is 21.9 Å². The maximum Gasteiger partial charge on any atom is 0.255 e. The fourth-order valence-corrected chi connectivity index (χ4v) is 6.27. The number of hydrogen-bond donors (Lipinski definition) is 0. The molecule has 3 aromatic heterocycles. The van der Waals surface area contributed by atoms with E-state index in [2.05, 4.69) is 46.0 Å². The Morgan fingerprint density at radius 1 is 1.10 bits per heavy atom. The van der Waals surface area contributed by atoms with Crippen LogP contribution in [0, 0.1) is 17.0 Å². The predicted molar refractivity (Wildman–Crippen MR) is 152 cm³/mol. The Morgan fingerprint density at radius 3 is 2.45 bits per heavy atom. The largest absolute Gasteiger partial charge is 0.481 e. The van der Waals surface area contributed by atoms with Gasteiger partial charge in [-0.1, -0.05) is 26.8 Å². The summed E-state index contributed by atoms with van der Waals surface area (Å²) in [7, 11) is -1.69. The van der Waals surface area contributed by atoms with Crippen molar-refractivity contribution in [2.45, 2.75) is 58.3 Å². The van der Waals surface area contributed by atoms with Gasteiger partial charge in [-0.15, -0.1) is 10.2 Å². The fourth-order valence-electron chi connectivity index (χ4n) is 5.71. The van der Waals surface area contributed by atoms with E-state index >= 15 is 0 Å². The van der Waals surface area contributed by atoms with E-state index < -0.39 is 26.9 Å². The van der Waals surface area contributed by atoms with Crippen LogP contribution in [-0.2, 0) is 21.7 Å². The van der Waals surface area contributed by atoms with Gasteiger partial charge in [0, 0.05) is 18.7 Å².